The Bertz CT molecular complexity index is 1020. The Hall–Kier alpha value is -2.59. The van der Waals surface area contributed by atoms with Crippen LogP contribution in [0.1, 0.15) is 21.8 Å². The fourth-order valence-corrected chi connectivity index (χ4v) is 3.73. The Morgan fingerprint density at radius 1 is 1.26 bits per heavy atom. The number of anilines is 1. The largest absolute Gasteiger partial charge is 0.301 e. The van der Waals surface area contributed by atoms with E-state index >= 15 is 0 Å². The smallest absolute Gasteiger partial charge is 0.255 e. The molecule has 0 unspecified atom stereocenters. The molecule has 27 heavy (non-hydrogen) atoms. The number of rotatable bonds is 6. The van der Waals surface area contributed by atoms with Crippen molar-refractivity contribution in [1.82, 2.24) is 20.2 Å². The van der Waals surface area contributed by atoms with Crippen LogP contribution in [0, 0.1) is 19.7 Å². The summed E-state index contributed by atoms with van der Waals surface area (Å²) in [7, 11) is 0. The standard InChI is InChI=1S/C17H16FN5O2S2/c1-9-13(7-14(24)20-17-23-22-10(2)27-17)15(25)21-16(19-9)26-8-11-3-5-12(18)6-4-11/h3-6H,7-8H2,1-2H3,(H,19,21,25)(H,20,23,24). The van der Waals surface area contributed by atoms with Gasteiger partial charge in [0.2, 0.25) is 11.0 Å². The molecule has 140 valence electrons. The zero-order valence-corrected chi connectivity index (χ0v) is 16.2. The molecule has 0 aliphatic heterocycles. The van der Waals surface area contributed by atoms with E-state index in [0.717, 1.165) is 10.6 Å². The molecule has 0 aliphatic carbocycles. The first-order valence-corrected chi connectivity index (χ1v) is 9.78. The van der Waals surface area contributed by atoms with Gasteiger partial charge >= 0.3 is 0 Å². The number of hydrogen-bond acceptors (Lipinski definition) is 7. The second-order valence-corrected chi connectivity index (χ2v) is 7.85. The highest BCUT2D eigenvalue weighted by Crippen LogP contribution is 2.19. The van der Waals surface area contributed by atoms with Crippen LogP contribution in [0.5, 0.6) is 0 Å². The van der Waals surface area contributed by atoms with E-state index in [-0.39, 0.29) is 23.7 Å². The topological polar surface area (TPSA) is 101 Å². The van der Waals surface area contributed by atoms with Gasteiger partial charge in [-0.3, -0.25) is 9.59 Å². The summed E-state index contributed by atoms with van der Waals surface area (Å²) in [5.41, 5.74) is 1.36. The summed E-state index contributed by atoms with van der Waals surface area (Å²) in [6.07, 6.45) is -0.101. The molecule has 3 rings (SSSR count). The van der Waals surface area contributed by atoms with Gasteiger partial charge < -0.3 is 10.3 Å². The van der Waals surface area contributed by atoms with E-state index in [1.54, 1.807) is 26.0 Å². The van der Waals surface area contributed by atoms with Gasteiger partial charge in [-0.05, 0) is 31.5 Å². The van der Waals surface area contributed by atoms with Gasteiger partial charge in [0.1, 0.15) is 10.8 Å². The molecule has 0 saturated heterocycles. The highest BCUT2D eigenvalue weighted by Gasteiger charge is 2.14. The first-order valence-electron chi connectivity index (χ1n) is 7.97. The van der Waals surface area contributed by atoms with Crippen molar-refractivity contribution in [3.63, 3.8) is 0 Å². The molecule has 3 aromatic rings. The van der Waals surface area contributed by atoms with Crippen LogP contribution < -0.4 is 10.9 Å². The van der Waals surface area contributed by atoms with Gasteiger partial charge in [0, 0.05) is 17.0 Å². The van der Waals surface area contributed by atoms with Crippen LogP contribution in [0.15, 0.2) is 34.2 Å². The molecule has 10 heteroatoms. The Morgan fingerprint density at radius 3 is 2.63 bits per heavy atom. The lowest BCUT2D eigenvalue weighted by atomic mass is 10.1. The van der Waals surface area contributed by atoms with Crippen LogP contribution in [0.2, 0.25) is 0 Å². The van der Waals surface area contributed by atoms with Crippen molar-refractivity contribution in [3.8, 4) is 0 Å². The molecule has 2 aromatic heterocycles. The van der Waals surface area contributed by atoms with E-state index in [9.17, 15) is 14.0 Å². The van der Waals surface area contributed by atoms with Crippen molar-refractivity contribution in [2.75, 3.05) is 5.32 Å². The van der Waals surface area contributed by atoms with Crippen molar-refractivity contribution >= 4 is 34.1 Å². The van der Waals surface area contributed by atoms with Crippen LogP contribution >= 0.6 is 23.1 Å². The first kappa shape index (κ1) is 19.2. The summed E-state index contributed by atoms with van der Waals surface area (Å²) in [6.45, 7) is 3.48. The maximum Gasteiger partial charge on any atom is 0.255 e. The van der Waals surface area contributed by atoms with Gasteiger partial charge in [0.05, 0.1) is 6.42 Å². The minimum atomic E-state index is -0.354. The molecule has 0 saturated carbocycles. The van der Waals surface area contributed by atoms with Crippen molar-refractivity contribution in [1.29, 1.82) is 0 Å². The summed E-state index contributed by atoms with van der Waals surface area (Å²) in [5.74, 6) is -0.107. The van der Waals surface area contributed by atoms with Crippen molar-refractivity contribution in [3.05, 3.63) is 62.3 Å². The van der Waals surface area contributed by atoms with Gasteiger partial charge in [-0.2, -0.15) is 0 Å². The zero-order chi connectivity index (χ0) is 19.4. The number of H-pyrrole nitrogens is 1. The van der Waals surface area contributed by atoms with Gasteiger partial charge in [-0.15, -0.1) is 10.2 Å². The third kappa shape index (κ3) is 5.20. The molecule has 7 nitrogen and oxygen atoms in total. The summed E-state index contributed by atoms with van der Waals surface area (Å²) in [6, 6.07) is 6.14. The number of benzene rings is 1. The number of halogens is 1. The number of aryl methyl sites for hydroxylation is 2. The quantitative estimate of drug-likeness (QED) is 0.483. The van der Waals surface area contributed by atoms with Gasteiger partial charge in [-0.1, -0.05) is 35.2 Å². The third-order valence-corrected chi connectivity index (χ3v) is 5.30. The highest BCUT2D eigenvalue weighted by atomic mass is 32.2. The molecule has 0 bridgehead atoms. The maximum absolute atomic E-state index is 12.9. The van der Waals surface area contributed by atoms with E-state index in [0.29, 0.717) is 27.3 Å². The van der Waals surface area contributed by atoms with E-state index in [2.05, 4.69) is 25.5 Å². The fraction of sp³-hybridized carbons (Fsp3) is 0.235. The molecule has 0 spiro atoms. The number of aromatic nitrogens is 4. The summed E-state index contributed by atoms with van der Waals surface area (Å²) in [5, 5.41) is 11.9. The van der Waals surface area contributed by atoms with Crippen LogP contribution in [-0.2, 0) is 17.0 Å². The van der Waals surface area contributed by atoms with Crippen LogP contribution in [0.3, 0.4) is 0 Å². The lowest BCUT2D eigenvalue weighted by molar-refractivity contribution is -0.115. The highest BCUT2D eigenvalue weighted by molar-refractivity contribution is 7.98. The Balaban J connectivity index is 1.66. The van der Waals surface area contributed by atoms with Gasteiger partial charge in [0.15, 0.2) is 5.16 Å². The minimum absolute atomic E-state index is 0.101. The van der Waals surface area contributed by atoms with Gasteiger partial charge in [0.25, 0.3) is 5.56 Å². The van der Waals surface area contributed by atoms with Gasteiger partial charge in [-0.25, -0.2) is 9.37 Å². The van der Waals surface area contributed by atoms with Crippen LogP contribution in [-0.4, -0.2) is 26.1 Å². The van der Waals surface area contributed by atoms with E-state index < -0.39 is 0 Å². The molecule has 0 atom stereocenters. The first-order chi connectivity index (χ1) is 12.9. The number of nitrogens with zero attached hydrogens (tertiary/aromatic N) is 3. The Morgan fingerprint density at radius 2 is 2.00 bits per heavy atom. The normalized spacial score (nSPS) is 10.8. The number of nitrogens with one attached hydrogen (secondary N) is 2. The summed E-state index contributed by atoms with van der Waals surface area (Å²) < 4.78 is 12.9. The fourth-order valence-electron chi connectivity index (χ4n) is 2.26. The minimum Gasteiger partial charge on any atom is -0.301 e. The SMILES string of the molecule is Cc1nnc(NC(=O)Cc2c(C)nc(SCc3ccc(F)cc3)[nH]c2=O)s1. The Kier molecular flexibility index (Phi) is 5.97. The van der Waals surface area contributed by atoms with E-state index in [1.807, 2.05) is 0 Å². The monoisotopic (exact) mass is 405 g/mol. The molecule has 0 aliphatic rings. The second kappa shape index (κ2) is 8.40. The average Bonchev–Trinajstić information content (AvgIpc) is 3.02. The van der Waals surface area contributed by atoms with Crippen LogP contribution in [0.25, 0.3) is 0 Å². The summed E-state index contributed by atoms with van der Waals surface area (Å²) >= 11 is 2.59. The average molecular weight is 405 g/mol. The molecule has 1 aromatic carbocycles. The number of amides is 1. The predicted octanol–water partition coefficient (Wildman–Crippen LogP) is 2.85. The molecule has 1 amide bonds. The number of carbonyl (C=O) groups is 1. The van der Waals surface area contributed by atoms with Crippen LogP contribution in [0.4, 0.5) is 9.52 Å². The molecule has 2 N–H and O–H groups in total. The Labute approximate surface area is 162 Å². The second-order valence-electron chi connectivity index (χ2n) is 5.70. The summed E-state index contributed by atoms with van der Waals surface area (Å²) in [4.78, 5) is 31.5. The predicted molar refractivity (Wildman–Crippen MR) is 103 cm³/mol. The van der Waals surface area contributed by atoms with Crippen molar-refractivity contribution in [2.24, 2.45) is 0 Å². The lowest BCUT2D eigenvalue weighted by Crippen LogP contribution is -2.23. The molecule has 2 heterocycles. The van der Waals surface area contributed by atoms with Crippen molar-refractivity contribution in [2.45, 2.75) is 31.2 Å². The number of hydrogen-bond donors (Lipinski definition) is 2. The van der Waals surface area contributed by atoms with E-state index in [1.165, 1.54) is 35.2 Å². The molecular formula is C17H16FN5O2S2. The van der Waals surface area contributed by atoms with Crippen molar-refractivity contribution < 1.29 is 9.18 Å². The third-order valence-electron chi connectivity index (χ3n) is 3.60. The number of thioether (sulfide) groups is 1. The zero-order valence-electron chi connectivity index (χ0n) is 14.6. The molecule has 0 radical (unpaired) electrons. The molecule has 0 fully saturated rings. The number of aromatic amines is 1. The maximum atomic E-state index is 12.9. The number of carbonyl (C=O) groups excluding carboxylic acids is 1. The molecular weight excluding hydrogens is 389 g/mol. The van der Waals surface area contributed by atoms with E-state index in [4.69, 9.17) is 0 Å². The lowest BCUT2D eigenvalue weighted by Gasteiger charge is -2.07.